The van der Waals surface area contributed by atoms with Gasteiger partial charge in [-0.15, -0.1) is 0 Å². The molecule has 1 aromatic heterocycles. The van der Waals surface area contributed by atoms with Gasteiger partial charge < -0.3 is 9.80 Å². The van der Waals surface area contributed by atoms with E-state index in [1.807, 2.05) is 35.2 Å². The van der Waals surface area contributed by atoms with Crippen LogP contribution in [0.1, 0.15) is 28.8 Å². The van der Waals surface area contributed by atoms with Crippen molar-refractivity contribution in [1.29, 1.82) is 0 Å². The molecule has 6 nitrogen and oxygen atoms in total. The van der Waals surface area contributed by atoms with Gasteiger partial charge in [0.15, 0.2) is 0 Å². The number of nitrogens with zero attached hydrogens (tertiary/aromatic N) is 4. The van der Waals surface area contributed by atoms with Gasteiger partial charge in [0.05, 0.1) is 17.4 Å². The topological polar surface area (TPSA) is 58.4 Å². The molecule has 0 N–H and O–H groups in total. The third kappa shape index (κ3) is 5.33. The highest BCUT2D eigenvalue weighted by Crippen LogP contribution is 2.15. The van der Waals surface area contributed by atoms with Gasteiger partial charge >= 0.3 is 0 Å². The Bertz CT molecular complexity index is 1030. The number of rotatable bonds is 6. The monoisotopic (exact) mass is 436 g/mol. The molecule has 31 heavy (non-hydrogen) atoms. The Morgan fingerprint density at radius 1 is 0.903 bits per heavy atom. The van der Waals surface area contributed by atoms with Crippen molar-refractivity contribution in [2.75, 3.05) is 26.2 Å². The number of piperazine rings is 1. The summed E-state index contributed by atoms with van der Waals surface area (Å²) in [6.45, 7) is 2.22. The zero-order valence-electron chi connectivity index (χ0n) is 17.3. The van der Waals surface area contributed by atoms with Crippen LogP contribution in [0.2, 0.25) is 5.02 Å². The SMILES string of the molecule is O=C(CCCc1ccccc1)N1CCN(C(=O)c2cnn(-c3ccc(Cl)cc3)c2)CC1. The number of carbonyl (C=O) groups excluding carboxylic acids is 2. The fourth-order valence-corrected chi connectivity index (χ4v) is 3.88. The lowest BCUT2D eigenvalue weighted by Crippen LogP contribution is -2.50. The normalized spacial score (nSPS) is 14.0. The summed E-state index contributed by atoms with van der Waals surface area (Å²) in [5.74, 6) is 0.106. The molecule has 7 heteroatoms. The zero-order valence-corrected chi connectivity index (χ0v) is 18.0. The smallest absolute Gasteiger partial charge is 0.257 e. The van der Waals surface area contributed by atoms with Gasteiger partial charge in [-0.3, -0.25) is 9.59 Å². The van der Waals surface area contributed by atoms with Gasteiger partial charge in [0.25, 0.3) is 5.91 Å². The lowest BCUT2D eigenvalue weighted by atomic mass is 10.1. The minimum absolute atomic E-state index is 0.0589. The van der Waals surface area contributed by atoms with Crippen molar-refractivity contribution in [2.45, 2.75) is 19.3 Å². The molecule has 3 aromatic rings. The molecule has 0 saturated carbocycles. The average molecular weight is 437 g/mol. The molecule has 0 aliphatic carbocycles. The van der Waals surface area contributed by atoms with E-state index in [1.54, 1.807) is 34.1 Å². The molecule has 2 aromatic carbocycles. The summed E-state index contributed by atoms with van der Waals surface area (Å²) in [6, 6.07) is 17.5. The van der Waals surface area contributed by atoms with Crippen molar-refractivity contribution in [3.63, 3.8) is 0 Å². The Morgan fingerprint density at radius 2 is 1.58 bits per heavy atom. The molecular formula is C24H25ClN4O2. The molecule has 0 atom stereocenters. The fourth-order valence-electron chi connectivity index (χ4n) is 3.76. The predicted molar refractivity (Wildman–Crippen MR) is 120 cm³/mol. The molecule has 2 heterocycles. The highest BCUT2D eigenvalue weighted by atomic mass is 35.5. The average Bonchev–Trinajstić information content (AvgIpc) is 3.30. The molecule has 1 aliphatic heterocycles. The fraction of sp³-hybridized carbons (Fsp3) is 0.292. The maximum atomic E-state index is 12.9. The Hall–Kier alpha value is -3.12. The summed E-state index contributed by atoms with van der Waals surface area (Å²) in [4.78, 5) is 29.0. The Labute approximate surface area is 187 Å². The van der Waals surface area contributed by atoms with Crippen LogP contribution < -0.4 is 0 Å². The van der Waals surface area contributed by atoms with E-state index in [0.717, 1.165) is 18.5 Å². The maximum absolute atomic E-state index is 12.9. The molecule has 0 spiro atoms. The van der Waals surface area contributed by atoms with E-state index in [9.17, 15) is 9.59 Å². The van der Waals surface area contributed by atoms with E-state index in [1.165, 1.54) is 5.56 Å². The largest absolute Gasteiger partial charge is 0.339 e. The van der Waals surface area contributed by atoms with E-state index in [0.29, 0.717) is 43.2 Å². The predicted octanol–water partition coefficient (Wildman–Crippen LogP) is 3.83. The number of halogens is 1. The third-order valence-electron chi connectivity index (χ3n) is 5.54. The van der Waals surface area contributed by atoms with Crippen molar-refractivity contribution < 1.29 is 9.59 Å². The second-order valence-electron chi connectivity index (χ2n) is 7.66. The van der Waals surface area contributed by atoms with Crippen molar-refractivity contribution in [3.05, 3.63) is 83.1 Å². The summed E-state index contributed by atoms with van der Waals surface area (Å²) in [7, 11) is 0. The standard InChI is InChI=1S/C24H25ClN4O2/c25-21-9-11-22(12-10-21)29-18-20(17-26-29)24(31)28-15-13-27(14-16-28)23(30)8-4-7-19-5-2-1-3-6-19/h1-3,5-6,9-12,17-18H,4,7-8,13-16H2. The number of aromatic nitrogens is 2. The van der Waals surface area contributed by atoms with Crippen molar-refractivity contribution in [3.8, 4) is 5.69 Å². The van der Waals surface area contributed by atoms with Crippen LogP contribution in [0.15, 0.2) is 67.0 Å². The van der Waals surface area contributed by atoms with Crippen LogP contribution in [-0.2, 0) is 11.2 Å². The first-order chi connectivity index (χ1) is 15.1. The van der Waals surface area contributed by atoms with E-state index in [2.05, 4.69) is 17.2 Å². The lowest BCUT2D eigenvalue weighted by molar-refractivity contribution is -0.132. The molecule has 1 fully saturated rings. The maximum Gasteiger partial charge on any atom is 0.257 e. The third-order valence-corrected chi connectivity index (χ3v) is 5.79. The van der Waals surface area contributed by atoms with Gasteiger partial charge in [0, 0.05) is 43.8 Å². The summed E-state index contributed by atoms with van der Waals surface area (Å²) in [5.41, 5.74) is 2.64. The Kier molecular flexibility index (Phi) is 6.67. The van der Waals surface area contributed by atoms with Crippen LogP contribution in [0.25, 0.3) is 5.69 Å². The number of hydrogen-bond donors (Lipinski definition) is 0. The highest BCUT2D eigenvalue weighted by molar-refractivity contribution is 6.30. The molecule has 4 rings (SSSR count). The number of benzene rings is 2. The van der Waals surface area contributed by atoms with Gasteiger partial charge in [-0.1, -0.05) is 41.9 Å². The first kappa shape index (κ1) is 21.1. The Balaban J connectivity index is 1.26. The van der Waals surface area contributed by atoms with E-state index in [4.69, 9.17) is 11.6 Å². The lowest BCUT2D eigenvalue weighted by Gasteiger charge is -2.34. The van der Waals surface area contributed by atoms with E-state index < -0.39 is 0 Å². The van der Waals surface area contributed by atoms with Crippen molar-refractivity contribution in [1.82, 2.24) is 19.6 Å². The zero-order chi connectivity index (χ0) is 21.6. The van der Waals surface area contributed by atoms with Crippen molar-refractivity contribution >= 4 is 23.4 Å². The molecule has 1 aliphatic rings. The highest BCUT2D eigenvalue weighted by Gasteiger charge is 2.25. The Morgan fingerprint density at radius 3 is 2.29 bits per heavy atom. The van der Waals surface area contributed by atoms with Crippen LogP contribution in [0.3, 0.4) is 0 Å². The number of aryl methyl sites for hydroxylation is 1. The van der Waals surface area contributed by atoms with Crippen LogP contribution >= 0.6 is 11.6 Å². The van der Waals surface area contributed by atoms with Gasteiger partial charge in [0.1, 0.15) is 0 Å². The molecule has 1 saturated heterocycles. The minimum atomic E-state index is -0.0589. The van der Waals surface area contributed by atoms with Crippen LogP contribution in [0.5, 0.6) is 0 Å². The summed E-state index contributed by atoms with van der Waals surface area (Å²) < 4.78 is 1.66. The van der Waals surface area contributed by atoms with Crippen LogP contribution in [0.4, 0.5) is 0 Å². The second kappa shape index (κ2) is 9.79. The quantitative estimate of drug-likeness (QED) is 0.590. The molecule has 2 amide bonds. The minimum Gasteiger partial charge on any atom is -0.339 e. The summed E-state index contributed by atoms with van der Waals surface area (Å²) in [5, 5.41) is 4.95. The number of amides is 2. The molecule has 0 radical (unpaired) electrons. The van der Waals surface area contributed by atoms with E-state index >= 15 is 0 Å². The summed E-state index contributed by atoms with van der Waals surface area (Å²) in [6.07, 6.45) is 5.59. The molecule has 0 unspecified atom stereocenters. The molecule has 160 valence electrons. The van der Waals surface area contributed by atoms with Crippen LogP contribution in [-0.4, -0.2) is 57.6 Å². The van der Waals surface area contributed by atoms with Gasteiger partial charge in [-0.25, -0.2) is 4.68 Å². The summed E-state index contributed by atoms with van der Waals surface area (Å²) >= 11 is 5.93. The number of hydrogen-bond acceptors (Lipinski definition) is 3. The molecular weight excluding hydrogens is 412 g/mol. The van der Waals surface area contributed by atoms with E-state index in [-0.39, 0.29) is 11.8 Å². The van der Waals surface area contributed by atoms with Crippen LogP contribution in [0, 0.1) is 0 Å². The van der Waals surface area contributed by atoms with Crippen molar-refractivity contribution in [2.24, 2.45) is 0 Å². The van der Waals surface area contributed by atoms with Gasteiger partial charge in [-0.05, 0) is 42.7 Å². The van der Waals surface area contributed by atoms with Gasteiger partial charge in [-0.2, -0.15) is 5.10 Å². The van der Waals surface area contributed by atoms with Gasteiger partial charge in [0.2, 0.25) is 5.91 Å². The molecule has 0 bridgehead atoms. The second-order valence-corrected chi connectivity index (χ2v) is 8.10. The number of carbonyl (C=O) groups is 2. The first-order valence-electron chi connectivity index (χ1n) is 10.5. The first-order valence-corrected chi connectivity index (χ1v) is 10.9.